The van der Waals surface area contributed by atoms with Gasteiger partial charge in [0, 0.05) is 10.9 Å². The van der Waals surface area contributed by atoms with Crippen molar-refractivity contribution >= 4 is 22.9 Å². The molecule has 0 spiro atoms. The van der Waals surface area contributed by atoms with Gasteiger partial charge in [0.2, 0.25) is 0 Å². The highest BCUT2D eigenvalue weighted by molar-refractivity contribution is 7.16. The molecule has 1 aliphatic rings. The number of ether oxygens (including phenoxy) is 2. The lowest BCUT2D eigenvalue weighted by atomic mass is 10.1. The van der Waals surface area contributed by atoms with E-state index in [-0.39, 0.29) is 0 Å². The van der Waals surface area contributed by atoms with E-state index < -0.39 is 0 Å². The van der Waals surface area contributed by atoms with Gasteiger partial charge in [-0.3, -0.25) is 0 Å². The highest BCUT2D eigenvalue weighted by Crippen LogP contribution is 2.31. The fraction of sp³-hybridized carbons (Fsp3) is 0.375. The summed E-state index contributed by atoms with van der Waals surface area (Å²) in [5, 5.41) is 3.52. The topological polar surface area (TPSA) is 30.5 Å². The molecule has 1 aliphatic heterocycles. The molecule has 5 heteroatoms. The van der Waals surface area contributed by atoms with Crippen molar-refractivity contribution in [1.29, 1.82) is 0 Å². The van der Waals surface area contributed by atoms with Crippen molar-refractivity contribution in [2.24, 2.45) is 0 Å². The molecule has 1 aromatic carbocycles. The Bertz CT molecular complexity index is 614. The maximum absolute atomic E-state index is 5.97. The minimum atomic E-state index is 0.319. The minimum absolute atomic E-state index is 0.319. The van der Waals surface area contributed by atoms with Crippen LogP contribution in [0.4, 0.5) is 0 Å². The smallest absolute Gasteiger partial charge is 0.161 e. The molecular formula is C16H18ClNO2S. The molecule has 21 heavy (non-hydrogen) atoms. The van der Waals surface area contributed by atoms with Crippen molar-refractivity contribution in [2.45, 2.75) is 19.4 Å². The first-order valence-electron chi connectivity index (χ1n) is 7.09. The average Bonchev–Trinajstić information content (AvgIpc) is 2.94. The van der Waals surface area contributed by atoms with Crippen LogP contribution in [0, 0.1) is 0 Å². The van der Waals surface area contributed by atoms with Gasteiger partial charge in [-0.1, -0.05) is 17.7 Å². The lowest BCUT2D eigenvalue weighted by Crippen LogP contribution is -2.21. The van der Waals surface area contributed by atoms with Gasteiger partial charge in [-0.25, -0.2) is 0 Å². The predicted octanol–water partition coefficient (Wildman–Crippen LogP) is 4.07. The summed E-state index contributed by atoms with van der Waals surface area (Å²) in [5.41, 5.74) is 1.25. The average molecular weight is 324 g/mol. The number of nitrogens with one attached hydrogen (secondary N) is 1. The molecule has 3 nitrogen and oxygen atoms in total. The molecule has 0 aliphatic carbocycles. The number of fused-ring (bicyclic) bond motifs is 1. The van der Waals surface area contributed by atoms with Crippen LogP contribution in [0.15, 0.2) is 30.3 Å². The van der Waals surface area contributed by atoms with Crippen LogP contribution in [0.3, 0.4) is 0 Å². The van der Waals surface area contributed by atoms with Gasteiger partial charge in [0.25, 0.3) is 0 Å². The molecule has 1 aromatic heterocycles. The lowest BCUT2D eigenvalue weighted by Gasteiger charge is -2.19. The third kappa shape index (κ3) is 3.70. The molecule has 112 valence electrons. The van der Waals surface area contributed by atoms with E-state index in [1.54, 1.807) is 11.3 Å². The SMILES string of the molecule is CC(NCCc1ccc2c(c1)OCCO2)c1ccc(Cl)s1. The van der Waals surface area contributed by atoms with Gasteiger partial charge in [0.15, 0.2) is 11.5 Å². The Hall–Kier alpha value is -1.23. The molecule has 1 unspecified atom stereocenters. The fourth-order valence-corrected chi connectivity index (χ4v) is 3.43. The Kier molecular flexibility index (Phi) is 4.68. The molecule has 2 aromatic rings. The molecule has 1 atom stereocenters. The summed E-state index contributed by atoms with van der Waals surface area (Å²) >= 11 is 7.59. The molecule has 0 radical (unpaired) electrons. The van der Waals surface area contributed by atoms with Crippen LogP contribution in [0.1, 0.15) is 23.4 Å². The zero-order valence-electron chi connectivity index (χ0n) is 11.9. The quantitative estimate of drug-likeness (QED) is 0.900. The zero-order valence-corrected chi connectivity index (χ0v) is 13.5. The first kappa shape index (κ1) is 14.7. The monoisotopic (exact) mass is 323 g/mol. The third-order valence-electron chi connectivity index (χ3n) is 3.49. The molecule has 0 saturated heterocycles. The van der Waals surface area contributed by atoms with E-state index in [1.807, 2.05) is 12.1 Å². The van der Waals surface area contributed by atoms with Crippen LogP contribution >= 0.6 is 22.9 Å². The van der Waals surface area contributed by atoms with Crippen LogP contribution in [-0.2, 0) is 6.42 Å². The van der Waals surface area contributed by atoms with Crippen LogP contribution < -0.4 is 14.8 Å². The molecule has 1 N–H and O–H groups in total. The van der Waals surface area contributed by atoms with Crippen molar-refractivity contribution in [1.82, 2.24) is 5.32 Å². The van der Waals surface area contributed by atoms with Gasteiger partial charge in [-0.2, -0.15) is 0 Å². The molecule has 2 heterocycles. The van der Waals surface area contributed by atoms with E-state index in [0.717, 1.165) is 28.8 Å². The van der Waals surface area contributed by atoms with Gasteiger partial charge in [0.05, 0.1) is 4.34 Å². The first-order valence-corrected chi connectivity index (χ1v) is 8.29. The summed E-state index contributed by atoms with van der Waals surface area (Å²) in [6.07, 6.45) is 0.958. The second kappa shape index (κ2) is 6.69. The van der Waals surface area contributed by atoms with Crippen LogP contribution in [0.25, 0.3) is 0 Å². The summed E-state index contributed by atoms with van der Waals surface area (Å²) in [7, 11) is 0. The van der Waals surface area contributed by atoms with Crippen LogP contribution in [0.2, 0.25) is 4.34 Å². The number of halogens is 1. The maximum atomic E-state index is 5.97. The lowest BCUT2D eigenvalue weighted by molar-refractivity contribution is 0.171. The third-order valence-corrected chi connectivity index (χ3v) is 4.91. The van der Waals surface area contributed by atoms with Gasteiger partial charge in [-0.15, -0.1) is 11.3 Å². The Morgan fingerprint density at radius 3 is 2.76 bits per heavy atom. The molecule has 3 rings (SSSR count). The van der Waals surface area contributed by atoms with Crippen molar-refractivity contribution in [2.75, 3.05) is 19.8 Å². The van der Waals surface area contributed by atoms with Crippen LogP contribution in [-0.4, -0.2) is 19.8 Å². The van der Waals surface area contributed by atoms with Gasteiger partial charge in [-0.05, 0) is 49.7 Å². The van der Waals surface area contributed by atoms with E-state index in [4.69, 9.17) is 21.1 Å². The largest absolute Gasteiger partial charge is 0.486 e. The molecule has 0 fully saturated rings. The van der Waals surface area contributed by atoms with Crippen molar-refractivity contribution in [3.05, 3.63) is 45.1 Å². The van der Waals surface area contributed by atoms with E-state index in [9.17, 15) is 0 Å². The number of benzene rings is 1. The maximum Gasteiger partial charge on any atom is 0.161 e. The number of hydrogen-bond donors (Lipinski definition) is 1. The van der Waals surface area contributed by atoms with E-state index in [0.29, 0.717) is 19.3 Å². The Balaban J connectivity index is 1.53. The summed E-state index contributed by atoms with van der Waals surface area (Å²) in [4.78, 5) is 1.27. The second-order valence-electron chi connectivity index (χ2n) is 5.05. The van der Waals surface area contributed by atoms with Crippen molar-refractivity contribution in [3.8, 4) is 11.5 Å². The van der Waals surface area contributed by atoms with Gasteiger partial charge >= 0.3 is 0 Å². The van der Waals surface area contributed by atoms with E-state index in [1.165, 1.54) is 10.4 Å². The number of thiophene rings is 1. The highest BCUT2D eigenvalue weighted by atomic mass is 35.5. The van der Waals surface area contributed by atoms with Crippen LogP contribution in [0.5, 0.6) is 11.5 Å². The predicted molar refractivity (Wildman–Crippen MR) is 86.9 cm³/mol. The fourth-order valence-electron chi connectivity index (χ4n) is 2.34. The normalized spacial score (nSPS) is 15.0. The highest BCUT2D eigenvalue weighted by Gasteiger charge is 2.12. The summed E-state index contributed by atoms with van der Waals surface area (Å²) in [5.74, 6) is 1.70. The Morgan fingerprint density at radius 2 is 2.00 bits per heavy atom. The summed E-state index contributed by atoms with van der Waals surface area (Å²) in [6, 6.07) is 10.5. The number of rotatable bonds is 5. The van der Waals surface area contributed by atoms with E-state index >= 15 is 0 Å². The minimum Gasteiger partial charge on any atom is -0.486 e. The molecular weight excluding hydrogens is 306 g/mol. The summed E-state index contributed by atoms with van der Waals surface area (Å²) in [6.45, 7) is 4.34. The number of hydrogen-bond acceptors (Lipinski definition) is 4. The molecule has 0 amide bonds. The Labute approximate surface area is 133 Å². The van der Waals surface area contributed by atoms with Gasteiger partial charge < -0.3 is 14.8 Å². The van der Waals surface area contributed by atoms with Gasteiger partial charge in [0.1, 0.15) is 13.2 Å². The molecule has 0 bridgehead atoms. The van der Waals surface area contributed by atoms with Crippen molar-refractivity contribution in [3.63, 3.8) is 0 Å². The molecule has 0 saturated carbocycles. The van der Waals surface area contributed by atoms with E-state index in [2.05, 4.69) is 30.4 Å². The zero-order chi connectivity index (χ0) is 14.7. The Morgan fingerprint density at radius 1 is 1.19 bits per heavy atom. The van der Waals surface area contributed by atoms with Crippen molar-refractivity contribution < 1.29 is 9.47 Å². The first-order chi connectivity index (χ1) is 10.2. The standard InChI is InChI=1S/C16H18ClNO2S/c1-11(15-4-5-16(17)21-15)18-7-6-12-2-3-13-14(10-12)20-9-8-19-13/h2-5,10-11,18H,6-9H2,1H3. The second-order valence-corrected chi connectivity index (χ2v) is 6.79. The summed E-state index contributed by atoms with van der Waals surface area (Å²) < 4.78 is 12.0.